The van der Waals surface area contributed by atoms with Crippen LogP contribution in [-0.2, 0) is 13.0 Å². The van der Waals surface area contributed by atoms with Crippen LogP contribution in [0.15, 0.2) is 28.7 Å². The molecule has 0 radical (unpaired) electrons. The molecule has 0 spiro atoms. The van der Waals surface area contributed by atoms with Crippen LogP contribution in [0, 0.1) is 6.92 Å². The van der Waals surface area contributed by atoms with Gasteiger partial charge in [-0.25, -0.2) is 9.98 Å². The molecule has 2 heterocycles. The van der Waals surface area contributed by atoms with Gasteiger partial charge in [-0.05, 0) is 31.7 Å². The minimum atomic E-state index is 0. The van der Waals surface area contributed by atoms with Crippen LogP contribution < -0.4 is 5.32 Å². The lowest BCUT2D eigenvalue weighted by atomic mass is 10.3. The Labute approximate surface area is 157 Å². The lowest BCUT2D eigenvalue weighted by Gasteiger charge is -2.21. The number of likely N-dealkylation sites (N-methyl/N-ethyl adjacent to an activating group) is 1. The highest BCUT2D eigenvalue weighted by Crippen LogP contribution is 2.13. The number of guanidine groups is 1. The first kappa shape index (κ1) is 19.4. The number of halogens is 1. The van der Waals surface area contributed by atoms with E-state index in [-0.39, 0.29) is 24.0 Å². The van der Waals surface area contributed by atoms with Crippen LogP contribution >= 0.6 is 46.7 Å². The molecule has 0 aliphatic carbocycles. The van der Waals surface area contributed by atoms with E-state index in [1.165, 1.54) is 9.75 Å². The van der Waals surface area contributed by atoms with Gasteiger partial charge < -0.3 is 10.2 Å². The minimum absolute atomic E-state index is 0. The molecule has 2 aromatic rings. The fourth-order valence-electron chi connectivity index (χ4n) is 1.94. The summed E-state index contributed by atoms with van der Waals surface area (Å²) < 4.78 is 0. The predicted octanol–water partition coefficient (Wildman–Crippen LogP) is 3.77. The van der Waals surface area contributed by atoms with Crippen molar-refractivity contribution in [2.45, 2.75) is 26.8 Å². The van der Waals surface area contributed by atoms with E-state index in [0.717, 1.165) is 30.5 Å². The molecular weight excluding hydrogens is 427 g/mol. The topological polar surface area (TPSA) is 40.5 Å². The second-order valence-corrected chi connectivity index (χ2v) is 7.12. The molecule has 0 aliphatic rings. The van der Waals surface area contributed by atoms with Crippen LogP contribution in [0.4, 0.5) is 0 Å². The fraction of sp³-hybridized carbons (Fsp3) is 0.467. The van der Waals surface area contributed by atoms with Crippen molar-refractivity contribution in [1.82, 2.24) is 15.2 Å². The van der Waals surface area contributed by atoms with Gasteiger partial charge in [-0.1, -0.05) is 6.07 Å². The molecule has 0 saturated heterocycles. The molecule has 122 valence electrons. The summed E-state index contributed by atoms with van der Waals surface area (Å²) in [6.45, 7) is 6.66. The van der Waals surface area contributed by atoms with Gasteiger partial charge in [0.2, 0.25) is 0 Å². The molecule has 4 nitrogen and oxygen atoms in total. The highest BCUT2D eigenvalue weighted by molar-refractivity contribution is 14.0. The first-order valence-corrected chi connectivity index (χ1v) is 8.81. The van der Waals surface area contributed by atoms with Gasteiger partial charge in [0.1, 0.15) is 0 Å². The van der Waals surface area contributed by atoms with E-state index < -0.39 is 0 Å². The average Bonchev–Trinajstić information content (AvgIpc) is 3.12. The first-order valence-electron chi connectivity index (χ1n) is 7.12. The summed E-state index contributed by atoms with van der Waals surface area (Å²) in [5.74, 6) is 0.958. The number of aryl methyl sites for hydroxylation is 1. The number of hydrogen-bond donors (Lipinski definition) is 1. The van der Waals surface area contributed by atoms with E-state index in [2.05, 4.69) is 46.7 Å². The molecule has 2 rings (SSSR count). The Morgan fingerprint density at radius 3 is 2.82 bits per heavy atom. The maximum atomic E-state index is 4.70. The van der Waals surface area contributed by atoms with Gasteiger partial charge in [-0.15, -0.1) is 46.7 Å². The molecule has 0 amide bonds. The number of nitrogens with zero attached hydrogens (tertiary/aromatic N) is 3. The highest BCUT2D eigenvalue weighted by Gasteiger charge is 2.06. The Balaban J connectivity index is 0.00000242. The zero-order chi connectivity index (χ0) is 15.1. The third-order valence-corrected chi connectivity index (χ3v) is 4.86. The molecule has 0 aromatic carbocycles. The number of thiophene rings is 1. The Bertz CT molecular complexity index is 566. The maximum Gasteiger partial charge on any atom is 0.194 e. The lowest BCUT2D eigenvalue weighted by molar-refractivity contribution is 0.487. The Morgan fingerprint density at radius 1 is 1.41 bits per heavy atom. The maximum absolute atomic E-state index is 4.70. The van der Waals surface area contributed by atoms with Gasteiger partial charge in [0.15, 0.2) is 5.96 Å². The van der Waals surface area contributed by atoms with Gasteiger partial charge in [-0.3, -0.25) is 0 Å². The van der Waals surface area contributed by atoms with E-state index in [1.807, 2.05) is 24.5 Å². The number of thiazole rings is 1. The summed E-state index contributed by atoms with van der Waals surface area (Å²) in [5, 5.41) is 6.57. The average molecular weight is 450 g/mol. The number of rotatable bonds is 6. The molecule has 1 N–H and O–H groups in total. The van der Waals surface area contributed by atoms with Gasteiger partial charge >= 0.3 is 0 Å². The second kappa shape index (κ2) is 10.2. The van der Waals surface area contributed by atoms with Crippen LogP contribution in [0.3, 0.4) is 0 Å². The minimum Gasteiger partial charge on any atom is -0.357 e. The molecular formula is C15H23IN4S2. The zero-order valence-electron chi connectivity index (χ0n) is 13.2. The van der Waals surface area contributed by atoms with E-state index in [4.69, 9.17) is 4.99 Å². The summed E-state index contributed by atoms with van der Waals surface area (Å²) in [7, 11) is 2.09. The number of nitrogens with one attached hydrogen (secondary N) is 1. The van der Waals surface area contributed by atoms with E-state index in [0.29, 0.717) is 6.54 Å². The predicted molar refractivity (Wildman–Crippen MR) is 108 cm³/mol. The number of aliphatic imine (C=N–C) groups is 1. The van der Waals surface area contributed by atoms with Crippen molar-refractivity contribution in [2.75, 3.05) is 20.1 Å². The molecule has 0 aliphatic heterocycles. The fourth-order valence-corrected chi connectivity index (χ4v) is 3.36. The first-order chi connectivity index (χ1) is 10.2. The summed E-state index contributed by atoms with van der Waals surface area (Å²) in [6, 6.07) is 4.29. The molecule has 2 aromatic heterocycles. The van der Waals surface area contributed by atoms with Crippen molar-refractivity contribution in [1.29, 1.82) is 0 Å². The van der Waals surface area contributed by atoms with Gasteiger partial charge in [0.25, 0.3) is 0 Å². The third-order valence-electron chi connectivity index (χ3n) is 3.02. The molecule has 0 saturated carbocycles. The van der Waals surface area contributed by atoms with Crippen molar-refractivity contribution >= 4 is 52.6 Å². The van der Waals surface area contributed by atoms with Crippen molar-refractivity contribution < 1.29 is 0 Å². The quantitative estimate of drug-likeness (QED) is 0.414. The molecule has 0 fully saturated rings. The van der Waals surface area contributed by atoms with Crippen molar-refractivity contribution in [3.63, 3.8) is 0 Å². The van der Waals surface area contributed by atoms with Crippen LogP contribution in [0.5, 0.6) is 0 Å². The van der Waals surface area contributed by atoms with Crippen LogP contribution in [-0.4, -0.2) is 36.0 Å². The van der Waals surface area contributed by atoms with E-state index in [9.17, 15) is 0 Å². The van der Waals surface area contributed by atoms with Crippen molar-refractivity contribution in [2.24, 2.45) is 4.99 Å². The summed E-state index contributed by atoms with van der Waals surface area (Å²) in [5.41, 5.74) is 0. The Kier molecular flexibility index (Phi) is 8.96. The molecule has 7 heteroatoms. The monoisotopic (exact) mass is 450 g/mol. The smallest absolute Gasteiger partial charge is 0.194 e. The van der Waals surface area contributed by atoms with E-state index >= 15 is 0 Å². The number of aromatic nitrogens is 1. The Hall–Kier alpha value is -0.670. The SMILES string of the molecule is CCNC(=NCc1cnc(C)s1)N(C)CCc1cccs1.I. The standard InChI is InChI=1S/C15H22N4S2.HI/c1-4-16-15(18-11-14-10-17-12(2)21-14)19(3)8-7-13-6-5-9-20-13;/h5-6,9-10H,4,7-8,11H2,1-3H3,(H,16,18);1H. The van der Waals surface area contributed by atoms with Crippen molar-refractivity contribution in [3.05, 3.63) is 38.5 Å². The third kappa shape index (κ3) is 6.21. The van der Waals surface area contributed by atoms with Gasteiger partial charge in [-0.2, -0.15) is 0 Å². The van der Waals surface area contributed by atoms with Crippen molar-refractivity contribution in [3.8, 4) is 0 Å². The summed E-state index contributed by atoms with van der Waals surface area (Å²) in [4.78, 5) is 13.8. The van der Waals surface area contributed by atoms with Gasteiger partial charge in [0, 0.05) is 36.1 Å². The summed E-state index contributed by atoms with van der Waals surface area (Å²) >= 11 is 3.52. The summed E-state index contributed by atoms with van der Waals surface area (Å²) in [6.07, 6.45) is 2.97. The van der Waals surface area contributed by atoms with Crippen LogP contribution in [0.1, 0.15) is 21.7 Å². The number of hydrogen-bond acceptors (Lipinski definition) is 4. The van der Waals surface area contributed by atoms with Crippen LogP contribution in [0.25, 0.3) is 0 Å². The van der Waals surface area contributed by atoms with Gasteiger partial charge in [0.05, 0.1) is 11.6 Å². The normalized spacial score (nSPS) is 11.1. The Morgan fingerprint density at radius 2 is 2.23 bits per heavy atom. The molecule has 0 bridgehead atoms. The molecule has 0 atom stereocenters. The highest BCUT2D eigenvalue weighted by atomic mass is 127. The zero-order valence-corrected chi connectivity index (χ0v) is 17.2. The van der Waals surface area contributed by atoms with Crippen LogP contribution in [0.2, 0.25) is 0 Å². The second-order valence-electron chi connectivity index (χ2n) is 4.77. The molecule has 0 unspecified atom stereocenters. The van der Waals surface area contributed by atoms with E-state index in [1.54, 1.807) is 11.3 Å². The molecule has 22 heavy (non-hydrogen) atoms. The largest absolute Gasteiger partial charge is 0.357 e. The lowest BCUT2D eigenvalue weighted by Crippen LogP contribution is -2.39.